The Morgan fingerprint density at radius 2 is 1.77 bits per heavy atom. The van der Waals surface area contributed by atoms with Crippen molar-refractivity contribution in [2.24, 2.45) is 0 Å². The van der Waals surface area contributed by atoms with Gasteiger partial charge >= 0.3 is 0 Å². The third-order valence-corrected chi connectivity index (χ3v) is 5.49. The van der Waals surface area contributed by atoms with E-state index in [-0.39, 0.29) is 6.61 Å². The molecule has 0 saturated heterocycles. The molecule has 0 aliphatic heterocycles. The lowest BCUT2D eigenvalue weighted by Gasteiger charge is -2.16. The van der Waals surface area contributed by atoms with E-state index in [9.17, 15) is 9.59 Å². The van der Waals surface area contributed by atoms with Crippen molar-refractivity contribution in [3.8, 4) is 11.5 Å². The normalized spacial score (nSPS) is 11.6. The fourth-order valence-electron chi connectivity index (χ4n) is 2.78. The molecule has 0 saturated carbocycles. The summed E-state index contributed by atoms with van der Waals surface area (Å²) < 4.78 is 12.0. The fraction of sp³-hybridized carbons (Fsp3) is 0.217. The Balaban J connectivity index is 1.48. The minimum Gasteiger partial charge on any atom is -0.483 e. The second-order valence-corrected chi connectivity index (χ2v) is 7.72. The van der Waals surface area contributed by atoms with Crippen LogP contribution in [0.1, 0.15) is 18.1 Å². The number of carbonyl (C=O) groups is 2. The average molecular weight is 471 g/mol. The van der Waals surface area contributed by atoms with E-state index in [4.69, 9.17) is 9.47 Å². The molecule has 0 spiro atoms. The summed E-state index contributed by atoms with van der Waals surface area (Å²) in [6.07, 6.45) is -0.775. The highest BCUT2D eigenvalue weighted by Crippen LogP contribution is 2.32. The van der Waals surface area contributed by atoms with Gasteiger partial charge in [-0.1, -0.05) is 36.4 Å². The van der Waals surface area contributed by atoms with Gasteiger partial charge in [0.05, 0.1) is 4.47 Å². The van der Waals surface area contributed by atoms with E-state index in [1.807, 2.05) is 56.3 Å². The van der Waals surface area contributed by atoms with Crippen molar-refractivity contribution in [3.63, 3.8) is 0 Å². The van der Waals surface area contributed by atoms with Crippen molar-refractivity contribution in [1.82, 2.24) is 10.9 Å². The average Bonchev–Trinajstić information content (AvgIpc) is 2.74. The lowest BCUT2D eigenvalue weighted by atomic mass is 10.1. The Morgan fingerprint density at radius 3 is 2.53 bits per heavy atom. The van der Waals surface area contributed by atoms with Crippen molar-refractivity contribution in [2.45, 2.75) is 26.9 Å². The second-order valence-electron chi connectivity index (χ2n) is 6.93. The highest BCUT2D eigenvalue weighted by Gasteiger charge is 2.16. The summed E-state index contributed by atoms with van der Waals surface area (Å²) in [6.45, 7) is 5.34. The number of hydrogen-bond donors (Lipinski definition) is 2. The zero-order chi connectivity index (χ0) is 21.7. The van der Waals surface area contributed by atoms with Crippen LogP contribution in [-0.4, -0.2) is 24.5 Å². The van der Waals surface area contributed by atoms with Gasteiger partial charge in [0.15, 0.2) is 12.7 Å². The Morgan fingerprint density at radius 1 is 1.00 bits per heavy atom. The van der Waals surface area contributed by atoms with E-state index in [0.717, 1.165) is 26.4 Å². The number of benzene rings is 3. The first-order chi connectivity index (χ1) is 14.3. The smallest absolute Gasteiger partial charge is 0.279 e. The maximum atomic E-state index is 12.2. The Hall–Kier alpha value is -3.06. The minimum atomic E-state index is -0.775. The van der Waals surface area contributed by atoms with Gasteiger partial charge < -0.3 is 9.47 Å². The quantitative estimate of drug-likeness (QED) is 0.528. The highest BCUT2D eigenvalue weighted by molar-refractivity contribution is 9.10. The molecule has 3 aromatic carbocycles. The number of fused-ring (bicyclic) bond motifs is 1. The summed E-state index contributed by atoms with van der Waals surface area (Å²) in [5, 5.41) is 2.05. The van der Waals surface area contributed by atoms with Gasteiger partial charge in [0.1, 0.15) is 11.5 Å². The molecule has 0 bridgehead atoms. The number of aryl methyl sites for hydroxylation is 2. The molecule has 0 aliphatic rings. The maximum absolute atomic E-state index is 12.2. The minimum absolute atomic E-state index is 0.246. The third kappa shape index (κ3) is 5.30. The molecule has 0 fully saturated rings. The first-order valence-corrected chi connectivity index (χ1v) is 10.3. The molecule has 30 heavy (non-hydrogen) atoms. The van der Waals surface area contributed by atoms with Gasteiger partial charge in [-0.05, 0) is 76.8 Å². The summed E-state index contributed by atoms with van der Waals surface area (Å²) in [5.41, 5.74) is 6.91. The molecule has 0 radical (unpaired) electrons. The molecule has 156 valence electrons. The van der Waals surface area contributed by atoms with E-state index >= 15 is 0 Å². The first kappa shape index (κ1) is 21.6. The highest BCUT2D eigenvalue weighted by atomic mass is 79.9. The number of rotatable bonds is 6. The van der Waals surface area contributed by atoms with Crippen molar-refractivity contribution < 1.29 is 19.1 Å². The lowest BCUT2D eigenvalue weighted by molar-refractivity contribution is -0.133. The van der Waals surface area contributed by atoms with E-state index in [1.165, 1.54) is 0 Å². The van der Waals surface area contributed by atoms with Crippen LogP contribution in [0.25, 0.3) is 10.8 Å². The van der Waals surface area contributed by atoms with Gasteiger partial charge in [0.2, 0.25) is 0 Å². The molecular formula is C23H23BrN2O4. The summed E-state index contributed by atoms with van der Waals surface area (Å²) in [5.74, 6) is 0.188. The van der Waals surface area contributed by atoms with Crippen LogP contribution < -0.4 is 20.3 Å². The van der Waals surface area contributed by atoms with Crippen LogP contribution in [0.3, 0.4) is 0 Å². The second kappa shape index (κ2) is 9.63. The Labute approximate surface area is 183 Å². The van der Waals surface area contributed by atoms with Gasteiger partial charge in [-0.25, -0.2) is 0 Å². The monoisotopic (exact) mass is 470 g/mol. The molecule has 3 rings (SSSR count). The van der Waals surface area contributed by atoms with Crippen molar-refractivity contribution in [3.05, 3.63) is 70.2 Å². The number of halogens is 1. The number of hydrazine groups is 1. The predicted molar refractivity (Wildman–Crippen MR) is 119 cm³/mol. The Kier molecular flexibility index (Phi) is 6.95. The number of ether oxygens (including phenoxy) is 2. The number of hydrogen-bond acceptors (Lipinski definition) is 4. The lowest BCUT2D eigenvalue weighted by Crippen LogP contribution is -2.48. The third-order valence-electron chi connectivity index (χ3n) is 4.67. The van der Waals surface area contributed by atoms with E-state index in [1.54, 1.807) is 19.1 Å². The van der Waals surface area contributed by atoms with Crippen molar-refractivity contribution in [1.29, 1.82) is 0 Å². The molecule has 0 aromatic heterocycles. The van der Waals surface area contributed by atoms with Crippen LogP contribution >= 0.6 is 15.9 Å². The summed E-state index contributed by atoms with van der Waals surface area (Å²) in [7, 11) is 0. The van der Waals surface area contributed by atoms with Crippen LogP contribution in [0.2, 0.25) is 0 Å². The maximum Gasteiger partial charge on any atom is 0.279 e. The largest absolute Gasteiger partial charge is 0.483 e. The van der Waals surface area contributed by atoms with Crippen molar-refractivity contribution >= 4 is 38.5 Å². The fourth-order valence-corrected chi connectivity index (χ4v) is 3.39. The van der Waals surface area contributed by atoms with E-state index < -0.39 is 17.9 Å². The molecule has 1 atom stereocenters. The molecule has 3 aromatic rings. The summed E-state index contributed by atoms with van der Waals surface area (Å²) >= 11 is 3.51. The summed E-state index contributed by atoms with van der Waals surface area (Å²) in [6, 6.07) is 17.2. The molecular weight excluding hydrogens is 448 g/mol. The standard InChI is InChI=1S/C23H23BrN2O4/c1-14-8-10-18(12-15(14)2)30-16(3)23(28)26-25-21(27)13-29-20-11-9-17-6-4-5-7-19(17)22(20)24/h4-12,16H,13H2,1-3H3,(H,25,27)(H,26,28). The van der Waals surface area contributed by atoms with Gasteiger partial charge in [-0.15, -0.1) is 0 Å². The molecule has 6 nitrogen and oxygen atoms in total. The van der Waals surface area contributed by atoms with E-state index in [2.05, 4.69) is 26.8 Å². The van der Waals surface area contributed by atoms with Crippen LogP contribution in [0.4, 0.5) is 0 Å². The molecule has 0 heterocycles. The van der Waals surface area contributed by atoms with Crippen molar-refractivity contribution in [2.75, 3.05) is 6.61 Å². The molecule has 2 amide bonds. The number of nitrogens with one attached hydrogen (secondary N) is 2. The molecule has 0 aliphatic carbocycles. The van der Waals surface area contributed by atoms with Gasteiger partial charge in [0.25, 0.3) is 11.8 Å². The van der Waals surface area contributed by atoms with Crippen LogP contribution in [0.15, 0.2) is 59.1 Å². The first-order valence-electron chi connectivity index (χ1n) is 9.48. The molecule has 7 heteroatoms. The Bertz CT molecular complexity index is 1080. The zero-order valence-electron chi connectivity index (χ0n) is 17.0. The van der Waals surface area contributed by atoms with Gasteiger partial charge in [-0.3, -0.25) is 20.4 Å². The van der Waals surface area contributed by atoms with Gasteiger partial charge in [0, 0.05) is 0 Å². The van der Waals surface area contributed by atoms with Crippen LogP contribution in [0.5, 0.6) is 11.5 Å². The van der Waals surface area contributed by atoms with Gasteiger partial charge in [-0.2, -0.15) is 0 Å². The molecule has 1 unspecified atom stereocenters. The number of carbonyl (C=O) groups excluding carboxylic acids is 2. The summed E-state index contributed by atoms with van der Waals surface area (Å²) in [4.78, 5) is 24.2. The number of amides is 2. The topological polar surface area (TPSA) is 76.7 Å². The molecule has 2 N–H and O–H groups in total. The van der Waals surface area contributed by atoms with Crippen LogP contribution in [-0.2, 0) is 9.59 Å². The SMILES string of the molecule is Cc1ccc(OC(C)C(=O)NNC(=O)COc2ccc3ccccc3c2Br)cc1C. The van der Waals surface area contributed by atoms with Crippen LogP contribution in [0, 0.1) is 13.8 Å². The predicted octanol–water partition coefficient (Wildman–Crippen LogP) is 4.21. The van der Waals surface area contributed by atoms with E-state index in [0.29, 0.717) is 11.5 Å². The zero-order valence-corrected chi connectivity index (χ0v) is 18.6.